The van der Waals surface area contributed by atoms with E-state index >= 15 is 0 Å². The second-order valence-corrected chi connectivity index (χ2v) is 11.7. The van der Waals surface area contributed by atoms with Crippen molar-refractivity contribution in [1.82, 2.24) is 14.0 Å². The summed E-state index contributed by atoms with van der Waals surface area (Å²) in [6.07, 6.45) is 2.45. The topological polar surface area (TPSA) is 88.8 Å². The van der Waals surface area contributed by atoms with Crippen LogP contribution in [-0.4, -0.2) is 62.8 Å². The Morgan fingerprint density at radius 2 is 1.56 bits per heavy atom. The van der Waals surface area contributed by atoms with Crippen LogP contribution in [0.5, 0.6) is 5.75 Å². The van der Waals surface area contributed by atoms with Crippen molar-refractivity contribution >= 4 is 22.5 Å². The van der Waals surface area contributed by atoms with Gasteiger partial charge in [0.05, 0.1) is 0 Å². The molecular formula is C26H41N5O4S. The highest BCUT2D eigenvalue weighted by molar-refractivity contribution is 7.85. The van der Waals surface area contributed by atoms with Crippen LogP contribution in [0.1, 0.15) is 60.0 Å². The summed E-state index contributed by atoms with van der Waals surface area (Å²) in [5.41, 5.74) is -0.0343. The zero-order valence-electron chi connectivity index (χ0n) is 22.6. The number of aromatic nitrogens is 2. The Hall–Kier alpha value is -2.59. The fraction of sp³-hybridized carbons (Fsp3) is 0.615. The Balaban J connectivity index is 1.59. The average molecular weight is 520 g/mol. The van der Waals surface area contributed by atoms with E-state index in [1.807, 2.05) is 52.0 Å². The van der Waals surface area contributed by atoms with Gasteiger partial charge >= 0.3 is 5.69 Å². The zero-order valence-corrected chi connectivity index (χ0v) is 23.4. The molecule has 36 heavy (non-hydrogen) atoms. The molecule has 1 N–H and O–H groups in total. The third-order valence-corrected chi connectivity index (χ3v) is 6.94. The van der Waals surface area contributed by atoms with E-state index in [0.717, 1.165) is 50.6 Å². The van der Waals surface area contributed by atoms with Gasteiger partial charge in [-0.3, -0.25) is 18.8 Å². The van der Waals surface area contributed by atoms with Crippen molar-refractivity contribution < 1.29 is 8.95 Å². The third-order valence-electron chi connectivity index (χ3n) is 6.42. The Kier molecular flexibility index (Phi) is 9.05. The highest BCUT2D eigenvalue weighted by atomic mass is 32.2. The molecule has 1 fully saturated rings. The second kappa shape index (κ2) is 11.6. The molecule has 0 spiro atoms. The van der Waals surface area contributed by atoms with Gasteiger partial charge < -0.3 is 14.4 Å². The van der Waals surface area contributed by atoms with Gasteiger partial charge in [-0.2, -0.15) is 0 Å². The van der Waals surface area contributed by atoms with Crippen molar-refractivity contribution in [2.75, 3.05) is 48.6 Å². The molecule has 1 aromatic carbocycles. The molecule has 2 aromatic rings. The van der Waals surface area contributed by atoms with Crippen molar-refractivity contribution in [3.8, 4) is 5.75 Å². The fourth-order valence-corrected chi connectivity index (χ4v) is 4.99. The van der Waals surface area contributed by atoms with Gasteiger partial charge in [-0.05, 0) is 72.2 Å². The molecule has 1 aliphatic rings. The Morgan fingerprint density at radius 3 is 2.08 bits per heavy atom. The van der Waals surface area contributed by atoms with Crippen LogP contribution in [0.2, 0.25) is 0 Å². The largest absolute Gasteiger partial charge is 0.488 e. The molecule has 0 bridgehead atoms. The quantitative estimate of drug-likeness (QED) is 0.519. The summed E-state index contributed by atoms with van der Waals surface area (Å²) in [4.78, 5) is 30.3. The van der Waals surface area contributed by atoms with Gasteiger partial charge in [-0.15, -0.1) is 0 Å². The first-order chi connectivity index (χ1) is 16.9. The minimum absolute atomic E-state index is 0.0388. The summed E-state index contributed by atoms with van der Waals surface area (Å²) in [5.74, 6) is 1.49. The van der Waals surface area contributed by atoms with Crippen LogP contribution in [0.3, 0.4) is 0 Å². The molecule has 10 heteroatoms. The molecule has 0 saturated carbocycles. The Morgan fingerprint density at radius 1 is 0.972 bits per heavy atom. The summed E-state index contributed by atoms with van der Waals surface area (Å²) >= 11 is 0. The highest BCUT2D eigenvalue weighted by Crippen LogP contribution is 2.24. The molecule has 1 aliphatic heterocycles. The predicted octanol–water partition coefficient (Wildman–Crippen LogP) is 3.25. The van der Waals surface area contributed by atoms with Crippen LogP contribution in [0.25, 0.3) is 0 Å². The first kappa shape index (κ1) is 28.0. The van der Waals surface area contributed by atoms with E-state index in [2.05, 4.69) is 28.4 Å². The molecular weight excluding hydrogens is 478 g/mol. The number of hydrogen-bond acceptors (Lipinski definition) is 6. The van der Waals surface area contributed by atoms with Crippen LogP contribution in [0, 0.1) is 0 Å². The van der Waals surface area contributed by atoms with E-state index in [1.165, 1.54) is 4.57 Å². The molecule has 1 unspecified atom stereocenters. The lowest BCUT2D eigenvalue weighted by Crippen LogP contribution is -2.51. The lowest BCUT2D eigenvalue weighted by molar-refractivity contribution is 0.0821. The summed E-state index contributed by atoms with van der Waals surface area (Å²) < 4.78 is 23.5. The predicted molar refractivity (Wildman–Crippen MR) is 148 cm³/mol. The number of benzene rings is 1. The SMILES string of the molecule is CC(C)n1c(N2CCN(CCC(C)(C)Oc3ccc(NS(C)=O)cc3)CC2)cc(=O)n(C(C)C)c1=O. The lowest BCUT2D eigenvalue weighted by atomic mass is 10.0. The number of anilines is 2. The fourth-order valence-electron chi connectivity index (χ4n) is 4.52. The molecule has 0 radical (unpaired) electrons. The number of piperazine rings is 1. The zero-order chi connectivity index (χ0) is 26.6. The number of rotatable bonds is 10. The van der Waals surface area contributed by atoms with Gasteiger partial charge in [-0.1, -0.05) is 0 Å². The maximum Gasteiger partial charge on any atom is 0.333 e. The van der Waals surface area contributed by atoms with Crippen molar-refractivity contribution in [2.45, 2.75) is 65.6 Å². The minimum Gasteiger partial charge on any atom is -0.488 e. The van der Waals surface area contributed by atoms with Gasteiger partial charge in [-0.25, -0.2) is 9.00 Å². The van der Waals surface area contributed by atoms with Crippen molar-refractivity contribution in [1.29, 1.82) is 0 Å². The Bertz CT molecular complexity index is 1160. The van der Waals surface area contributed by atoms with Crippen molar-refractivity contribution in [3.05, 3.63) is 51.2 Å². The third kappa shape index (κ3) is 7.00. The van der Waals surface area contributed by atoms with E-state index < -0.39 is 11.0 Å². The molecule has 1 aromatic heterocycles. The summed E-state index contributed by atoms with van der Waals surface area (Å²) in [5, 5.41) is 0. The van der Waals surface area contributed by atoms with Crippen molar-refractivity contribution in [3.63, 3.8) is 0 Å². The van der Waals surface area contributed by atoms with Crippen LogP contribution in [-0.2, 0) is 11.0 Å². The van der Waals surface area contributed by atoms with Gasteiger partial charge in [0.15, 0.2) is 0 Å². The van der Waals surface area contributed by atoms with Gasteiger partial charge in [0.2, 0.25) is 0 Å². The van der Waals surface area contributed by atoms with Gasteiger partial charge in [0.25, 0.3) is 5.56 Å². The number of nitrogens with one attached hydrogen (secondary N) is 1. The average Bonchev–Trinajstić information content (AvgIpc) is 2.78. The van der Waals surface area contributed by atoms with Crippen LogP contribution in [0.15, 0.2) is 39.9 Å². The number of ether oxygens (including phenoxy) is 1. The van der Waals surface area contributed by atoms with Gasteiger partial charge in [0.1, 0.15) is 28.2 Å². The van der Waals surface area contributed by atoms with Crippen LogP contribution >= 0.6 is 0 Å². The smallest absolute Gasteiger partial charge is 0.333 e. The maximum absolute atomic E-state index is 13.1. The van der Waals surface area contributed by atoms with E-state index in [9.17, 15) is 13.8 Å². The minimum atomic E-state index is -1.11. The summed E-state index contributed by atoms with van der Waals surface area (Å²) in [6, 6.07) is 8.90. The second-order valence-electron chi connectivity index (χ2n) is 10.6. The molecule has 1 atom stereocenters. The molecule has 2 heterocycles. The Labute approximate surface area is 216 Å². The van der Waals surface area contributed by atoms with Crippen molar-refractivity contribution in [2.24, 2.45) is 0 Å². The highest BCUT2D eigenvalue weighted by Gasteiger charge is 2.26. The molecule has 1 saturated heterocycles. The molecule has 3 rings (SSSR count). The van der Waals surface area contributed by atoms with E-state index in [1.54, 1.807) is 16.9 Å². The molecule has 0 amide bonds. The number of nitrogens with zero attached hydrogens (tertiary/aromatic N) is 4. The molecule has 9 nitrogen and oxygen atoms in total. The first-order valence-corrected chi connectivity index (χ1v) is 14.2. The summed E-state index contributed by atoms with van der Waals surface area (Å²) in [6.45, 7) is 16.0. The van der Waals surface area contributed by atoms with Crippen LogP contribution in [0.4, 0.5) is 11.5 Å². The molecule has 200 valence electrons. The number of hydrogen-bond donors (Lipinski definition) is 1. The van der Waals surface area contributed by atoms with E-state index in [0.29, 0.717) is 5.82 Å². The van der Waals surface area contributed by atoms with Crippen LogP contribution < -0.4 is 25.6 Å². The first-order valence-electron chi connectivity index (χ1n) is 12.6. The standard InChI is InChI=1S/C26H41N5O4S/c1-19(2)30-23(18-24(32)31(20(3)4)25(30)33)29-16-14-28(15-17-29)13-12-26(5,6)35-22-10-8-21(9-11-22)27-36(7)34/h8-11,18-20,27H,12-17H2,1-7H3. The maximum atomic E-state index is 13.1. The van der Waals surface area contributed by atoms with Gasteiger partial charge in [0, 0.05) is 62.8 Å². The monoisotopic (exact) mass is 519 g/mol. The van der Waals surface area contributed by atoms with E-state index in [-0.39, 0.29) is 28.9 Å². The lowest BCUT2D eigenvalue weighted by Gasteiger charge is -2.38. The normalized spacial score (nSPS) is 16.0. The van der Waals surface area contributed by atoms with E-state index in [4.69, 9.17) is 4.74 Å². The molecule has 0 aliphatic carbocycles. The summed E-state index contributed by atoms with van der Waals surface area (Å²) in [7, 11) is -1.11.